The Hall–Kier alpha value is -0.860. The van der Waals surface area contributed by atoms with E-state index >= 15 is 0 Å². The average molecular weight is 184 g/mol. The number of ketones is 1. The van der Waals surface area contributed by atoms with E-state index in [0.717, 1.165) is 0 Å². The van der Waals surface area contributed by atoms with Crippen LogP contribution in [0, 0.1) is 0 Å². The zero-order valence-electron chi connectivity index (χ0n) is 6.42. The molecular formula is C9H8ClO2. The molecule has 12 heavy (non-hydrogen) atoms. The fraction of sp³-hybridized carbons (Fsp3) is 0.222. The fourth-order valence-electron chi connectivity index (χ4n) is 0.915. The van der Waals surface area contributed by atoms with Crippen LogP contribution >= 0.6 is 11.6 Å². The first-order chi connectivity index (χ1) is 5.75. The quantitative estimate of drug-likeness (QED) is 0.663. The first-order valence-corrected chi connectivity index (χ1v) is 3.99. The third-order valence-electron chi connectivity index (χ3n) is 1.50. The molecule has 1 aromatic carbocycles. The molecule has 0 aliphatic rings. The number of rotatable bonds is 3. The summed E-state index contributed by atoms with van der Waals surface area (Å²) < 4.78 is 0. The first kappa shape index (κ1) is 9.23. The van der Waals surface area contributed by atoms with Gasteiger partial charge in [0.15, 0.2) is 5.78 Å². The monoisotopic (exact) mass is 183 g/mol. The van der Waals surface area contributed by atoms with Crippen molar-refractivity contribution in [2.24, 2.45) is 0 Å². The standard InChI is InChI=1S/C9H8ClO2/c10-8-4-2-1-3-7(8)9(12)5-6-11/h1-4H,5-6H2. The minimum absolute atomic E-state index is 0.0176. The molecule has 0 aliphatic heterocycles. The van der Waals surface area contributed by atoms with Gasteiger partial charge >= 0.3 is 0 Å². The second kappa shape index (κ2) is 4.24. The maximum Gasteiger partial charge on any atom is 0.166 e. The fourth-order valence-corrected chi connectivity index (χ4v) is 1.16. The lowest BCUT2D eigenvalue weighted by molar-refractivity contribution is 0.0925. The Morgan fingerprint density at radius 3 is 2.58 bits per heavy atom. The van der Waals surface area contributed by atoms with Gasteiger partial charge in [-0.1, -0.05) is 23.7 Å². The smallest absolute Gasteiger partial charge is 0.166 e. The van der Waals surface area contributed by atoms with Crippen LogP contribution in [-0.4, -0.2) is 12.4 Å². The number of halogens is 1. The number of benzene rings is 1. The summed E-state index contributed by atoms with van der Waals surface area (Å²) in [5.41, 5.74) is 0.440. The number of carbonyl (C=O) groups is 1. The van der Waals surface area contributed by atoms with E-state index in [1.54, 1.807) is 24.3 Å². The molecule has 0 aliphatic carbocycles. The predicted octanol–water partition coefficient (Wildman–Crippen LogP) is 2.34. The van der Waals surface area contributed by atoms with Crippen molar-refractivity contribution in [3.05, 3.63) is 34.9 Å². The lowest BCUT2D eigenvalue weighted by Crippen LogP contribution is -2.01. The Labute approximate surface area is 75.8 Å². The topological polar surface area (TPSA) is 37.0 Å². The van der Waals surface area contributed by atoms with Crippen LogP contribution in [0.5, 0.6) is 0 Å². The van der Waals surface area contributed by atoms with Crippen molar-refractivity contribution in [3.8, 4) is 0 Å². The molecule has 3 heteroatoms. The van der Waals surface area contributed by atoms with Gasteiger partial charge in [-0.15, -0.1) is 0 Å². The molecule has 0 atom stereocenters. The molecular weight excluding hydrogens is 176 g/mol. The van der Waals surface area contributed by atoms with Crippen molar-refractivity contribution in [1.82, 2.24) is 0 Å². The van der Waals surface area contributed by atoms with Gasteiger partial charge < -0.3 is 0 Å². The highest BCUT2D eigenvalue weighted by Crippen LogP contribution is 2.16. The van der Waals surface area contributed by atoms with Crippen molar-refractivity contribution in [1.29, 1.82) is 0 Å². The largest absolute Gasteiger partial charge is 0.294 e. The maximum atomic E-state index is 11.2. The first-order valence-electron chi connectivity index (χ1n) is 3.61. The van der Waals surface area contributed by atoms with Gasteiger partial charge in [0.25, 0.3) is 0 Å². The maximum absolute atomic E-state index is 11.2. The van der Waals surface area contributed by atoms with Gasteiger partial charge in [-0.25, -0.2) is 5.11 Å². The highest BCUT2D eigenvalue weighted by molar-refractivity contribution is 6.33. The molecule has 63 valence electrons. The highest BCUT2D eigenvalue weighted by Gasteiger charge is 2.07. The summed E-state index contributed by atoms with van der Waals surface area (Å²) in [5.74, 6) is -0.185. The number of hydrogen-bond acceptors (Lipinski definition) is 1. The van der Waals surface area contributed by atoms with Gasteiger partial charge in [0.05, 0.1) is 11.6 Å². The van der Waals surface area contributed by atoms with Crippen LogP contribution in [0.3, 0.4) is 0 Å². The van der Waals surface area contributed by atoms with Crippen LogP contribution in [0.15, 0.2) is 24.3 Å². The molecule has 0 saturated heterocycles. The van der Waals surface area contributed by atoms with Crippen LogP contribution in [0.2, 0.25) is 5.02 Å². The van der Waals surface area contributed by atoms with E-state index in [4.69, 9.17) is 11.6 Å². The molecule has 1 aromatic rings. The van der Waals surface area contributed by atoms with E-state index in [0.29, 0.717) is 10.6 Å². The Bertz CT molecular complexity index is 284. The molecule has 0 aromatic heterocycles. The lowest BCUT2D eigenvalue weighted by Gasteiger charge is -1.99. The minimum Gasteiger partial charge on any atom is -0.294 e. The van der Waals surface area contributed by atoms with Gasteiger partial charge in [0.2, 0.25) is 0 Å². The summed E-state index contributed by atoms with van der Waals surface area (Å²) in [6.07, 6.45) is 0.0176. The lowest BCUT2D eigenvalue weighted by atomic mass is 10.1. The van der Waals surface area contributed by atoms with Crippen molar-refractivity contribution >= 4 is 17.4 Å². The summed E-state index contributed by atoms with van der Waals surface area (Å²) >= 11 is 5.73. The molecule has 0 heterocycles. The van der Waals surface area contributed by atoms with Crippen LogP contribution in [0.1, 0.15) is 16.8 Å². The second-order valence-electron chi connectivity index (χ2n) is 2.36. The molecule has 0 N–H and O–H groups in total. The summed E-state index contributed by atoms with van der Waals surface area (Å²) in [6, 6.07) is 6.74. The van der Waals surface area contributed by atoms with E-state index in [1.807, 2.05) is 0 Å². The third-order valence-corrected chi connectivity index (χ3v) is 1.83. The molecule has 1 rings (SSSR count). The van der Waals surface area contributed by atoms with E-state index in [-0.39, 0.29) is 18.8 Å². The summed E-state index contributed by atoms with van der Waals surface area (Å²) in [4.78, 5) is 11.2. The number of Topliss-reactive ketones (excluding diaryl/α,β-unsaturated/α-hetero) is 1. The van der Waals surface area contributed by atoms with Crippen molar-refractivity contribution in [3.63, 3.8) is 0 Å². The molecule has 0 saturated carbocycles. The van der Waals surface area contributed by atoms with E-state index in [9.17, 15) is 9.90 Å². The predicted molar refractivity (Wildman–Crippen MR) is 46.0 cm³/mol. The normalized spacial score (nSPS) is 9.83. The van der Waals surface area contributed by atoms with E-state index < -0.39 is 0 Å². The zero-order chi connectivity index (χ0) is 8.97. The molecule has 0 fully saturated rings. The Kier molecular flexibility index (Phi) is 3.26. The number of carbonyl (C=O) groups excluding carboxylic acids is 1. The van der Waals surface area contributed by atoms with Crippen LogP contribution in [0.25, 0.3) is 0 Å². The second-order valence-corrected chi connectivity index (χ2v) is 2.76. The van der Waals surface area contributed by atoms with Gasteiger partial charge in [-0.3, -0.25) is 4.79 Å². The Morgan fingerprint density at radius 2 is 2.00 bits per heavy atom. The average Bonchev–Trinajstić information content (AvgIpc) is 2.05. The van der Waals surface area contributed by atoms with Gasteiger partial charge in [-0.2, -0.15) is 0 Å². The zero-order valence-corrected chi connectivity index (χ0v) is 7.17. The van der Waals surface area contributed by atoms with Crippen LogP contribution in [-0.2, 0) is 5.11 Å². The van der Waals surface area contributed by atoms with E-state index in [2.05, 4.69) is 0 Å². The van der Waals surface area contributed by atoms with Crippen molar-refractivity contribution in [2.75, 3.05) is 6.61 Å². The molecule has 0 bridgehead atoms. The third kappa shape index (κ3) is 2.06. The highest BCUT2D eigenvalue weighted by atomic mass is 35.5. The Morgan fingerprint density at radius 1 is 1.33 bits per heavy atom. The van der Waals surface area contributed by atoms with E-state index in [1.165, 1.54) is 0 Å². The number of hydrogen-bond donors (Lipinski definition) is 0. The van der Waals surface area contributed by atoms with Gasteiger partial charge in [0.1, 0.15) is 0 Å². The summed E-state index contributed by atoms with van der Waals surface area (Å²) in [7, 11) is 0. The molecule has 0 unspecified atom stereocenters. The molecule has 0 spiro atoms. The minimum atomic E-state index is -0.385. The van der Waals surface area contributed by atoms with Crippen molar-refractivity contribution in [2.45, 2.75) is 6.42 Å². The summed E-state index contributed by atoms with van der Waals surface area (Å²) in [5, 5.41) is 10.6. The van der Waals surface area contributed by atoms with Crippen molar-refractivity contribution < 1.29 is 9.90 Å². The van der Waals surface area contributed by atoms with Crippen LogP contribution in [0.4, 0.5) is 0 Å². The van der Waals surface area contributed by atoms with Crippen LogP contribution < -0.4 is 0 Å². The van der Waals surface area contributed by atoms with Gasteiger partial charge in [0, 0.05) is 12.0 Å². The van der Waals surface area contributed by atoms with Gasteiger partial charge in [-0.05, 0) is 12.1 Å². The molecule has 1 radical (unpaired) electrons. The summed E-state index contributed by atoms with van der Waals surface area (Å²) in [6.45, 7) is -0.385. The molecule has 2 nitrogen and oxygen atoms in total. The molecule has 0 amide bonds. The Balaban J connectivity index is 2.87. The SMILES string of the molecule is [O]CCC(=O)c1ccccc1Cl.